The number of sulfone groups is 1. The van der Waals surface area contributed by atoms with Crippen LogP contribution in [0.15, 0.2) is 46.7 Å². The second-order valence-electron chi connectivity index (χ2n) is 4.08. The predicted molar refractivity (Wildman–Crippen MR) is 76.0 cm³/mol. The van der Waals surface area contributed by atoms with Gasteiger partial charge in [-0.2, -0.15) is 0 Å². The van der Waals surface area contributed by atoms with Crippen LogP contribution in [0.1, 0.15) is 6.92 Å². The summed E-state index contributed by atoms with van der Waals surface area (Å²) in [7, 11) is -1.83. The normalized spacial score (nSPS) is 13.7. The zero-order chi connectivity index (χ0) is 14.8. The summed E-state index contributed by atoms with van der Waals surface area (Å²) in [6.45, 7) is 2.78. The Morgan fingerprint density at radius 3 is 2.55 bits per heavy atom. The molecule has 0 N–H and O–H groups in total. The number of methoxy groups -OCH3 is 1. The highest BCUT2D eigenvalue weighted by Gasteiger charge is 2.09. The maximum absolute atomic E-state index is 12.0. The van der Waals surface area contributed by atoms with E-state index >= 15 is 0 Å². The minimum atomic E-state index is -3.42. The van der Waals surface area contributed by atoms with Gasteiger partial charge in [-0.05, 0) is 25.1 Å². The Balaban J connectivity index is 2.43. The lowest BCUT2D eigenvalue weighted by Gasteiger charge is -2.09. The molecule has 5 nitrogen and oxygen atoms in total. The van der Waals surface area contributed by atoms with Gasteiger partial charge in [-0.1, -0.05) is 18.2 Å². The molecular formula is C14H20O5S. The molecule has 0 fully saturated rings. The molecule has 0 saturated heterocycles. The Morgan fingerprint density at radius 2 is 1.90 bits per heavy atom. The predicted octanol–water partition coefficient (Wildman–Crippen LogP) is 2.00. The molecule has 0 aromatic heterocycles. The van der Waals surface area contributed by atoms with Crippen molar-refractivity contribution >= 4 is 9.84 Å². The lowest BCUT2D eigenvalue weighted by atomic mass is 10.4. The zero-order valence-electron chi connectivity index (χ0n) is 11.7. The first-order valence-electron chi connectivity index (χ1n) is 6.23. The van der Waals surface area contributed by atoms with E-state index in [1.807, 2.05) is 0 Å². The third-order valence-corrected chi connectivity index (χ3v) is 3.89. The first-order valence-corrected chi connectivity index (χ1v) is 7.77. The van der Waals surface area contributed by atoms with Gasteiger partial charge in [0, 0.05) is 12.5 Å². The lowest BCUT2D eigenvalue weighted by Crippen LogP contribution is -2.11. The summed E-state index contributed by atoms with van der Waals surface area (Å²) < 4.78 is 39.2. The summed E-state index contributed by atoms with van der Waals surface area (Å²) in [5, 5.41) is 1.15. The van der Waals surface area contributed by atoms with E-state index in [-0.39, 0.29) is 17.8 Å². The summed E-state index contributed by atoms with van der Waals surface area (Å²) in [5.74, 6) is 0. The van der Waals surface area contributed by atoms with Gasteiger partial charge in [0.05, 0.1) is 24.2 Å². The van der Waals surface area contributed by atoms with Crippen molar-refractivity contribution in [2.45, 2.75) is 17.9 Å². The van der Waals surface area contributed by atoms with Crippen molar-refractivity contribution in [2.75, 3.05) is 27.1 Å². The fraction of sp³-hybridized carbons (Fsp3) is 0.429. The van der Waals surface area contributed by atoms with Crippen LogP contribution in [0.5, 0.6) is 0 Å². The smallest absolute Gasteiger partial charge is 0.199 e. The SMILES string of the molecule is COCCOCO[C@@H](C)/C=C/S(=O)(=O)c1ccccc1. The Kier molecular flexibility index (Phi) is 7.46. The van der Waals surface area contributed by atoms with Crippen LogP contribution in [-0.4, -0.2) is 41.6 Å². The summed E-state index contributed by atoms with van der Waals surface area (Å²) in [4.78, 5) is 0.264. The third kappa shape index (κ3) is 6.29. The Bertz CT molecular complexity index is 496. The molecule has 0 amide bonds. The van der Waals surface area contributed by atoms with Gasteiger partial charge in [0.15, 0.2) is 9.84 Å². The van der Waals surface area contributed by atoms with Crippen molar-refractivity contribution < 1.29 is 22.6 Å². The number of ether oxygens (including phenoxy) is 3. The fourth-order valence-corrected chi connectivity index (χ4v) is 2.44. The highest BCUT2D eigenvalue weighted by molar-refractivity contribution is 7.94. The van der Waals surface area contributed by atoms with E-state index in [0.717, 1.165) is 5.41 Å². The van der Waals surface area contributed by atoms with Crippen molar-refractivity contribution in [3.05, 3.63) is 41.8 Å². The molecule has 1 atom stereocenters. The van der Waals surface area contributed by atoms with E-state index in [9.17, 15) is 8.42 Å². The second kappa shape index (κ2) is 8.86. The molecule has 0 radical (unpaired) electrons. The van der Waals surface area contributed by atoms with Crippen LogP contribution in [0.2, 0.25) is 0 Å². The van der Waals surface area contributed by atoms with E-state index < -0.39 is 9.84 Å². The van der Waals surface area contributed by atoms with Crippen LogP contribution in [0.25, 0.3) is 0 Å². The molecule has 0 aliphatic heterocycles. The number of hydrogen-bond donors (Lipinski definition) is 0. The van der Waals surface area contributed by atoms with E-state index in [2.05, 4.69) is 0 Å². The van der Waals surface area contributed by atoms with E-state index in [4.69, 9.17) is 14.2 Å². The third-order valence-electron chi connectivity index (χ3n) is 2.45. The molecule has 0 saturated carbocycles. The van der Waals surface area contributed by atoms with Crippen molar-refractivity contribution in [3.8, 4) is 0 Å². The minimum absolute atomic E-state index is 0.0975. The van der Waals surface area contributed by atoms with Crippen LogP contribution in [0.4, 0.5) is 0 Å². The largest absolute Gasteiger partial charge is 0.382 e. The molecule has 1 aromatic rings. The summed E-state index contributed by atoms with van der Waals surface area (Å²) in [6.07, 6.45) is 1.14. The Hall–Kier alpha value is -1.21. The first kappa shape index (κ1) is 16.8. The standard InChI is InChI=1S/C14H20O5S/c1-13(19-12-18-10-9-17-2)8-11-20(15,16)14-6-4-3-5-7-14/h3-8,11,13H,9-10,12H2,1-2H3/b11-8+/t13-/m0/s1. The van der Waals surface area contributed by atoms with Crippen molar-refractivity contribution in [1.29, 1.82) is 0 Å². The van der Waals surface area contributed by atoms with Gasteiger partial charge in [0.25, 0.3) is 0 Å². The molecule has 0 aliphatic carbocycles. The topological polar surface area (TPSA) is 61.8 Å². The van der Waals surface area contributed by atoms with Crippen LogP contribution < -0.4 is 0 Å². The molecule has 20 heavy (non-hydrogen) atoms. The van der Waals surface area contributed by atoms with Gasteiger partial charge >= 0.3 is 0 Å². The zero-order valence-corrected chi connectivity index (χ0v) is 12.5. The number of benzene rings is 1. The van der Waals surface area contributed by atoms with Crippen molar-refractivity contribution in [3.63, 3.8) is 0 Å². The van der Waals surface area contributed by atoms with E-state index in [1.165, 1.54) is 6.08 Å². The number of rotatable bonds is 9. The highest BCUT2D eigenvalue weighted by Crippen LogP contribution is 2.11. The highest BCUT2D eigenvalue weighted by atomic mass is 32.2. The summed E-state index contributed by atoms with van der Waals surface area (Å²) in [6, 6.07) is 8.25. The second-order valence-corrected chi connectivity index (χ2v) is 5.91. The molecule has 1 aromatic carbocycles. The molecule has 0 unspecified atom stereocenters. The van der Waals surface area contributed by atoms with Crippen molar-refractivity contribution in [1.82, 2.24) is 0 Å². The van der Waals surface area contributed by atoms with Gasteiger partial charge < -0.3 is 14.2 Å². The molecule has 6 heteroatoms. The quantitative estimate of drug-likeness (QED) is 0.515. The van der Waals surface area contributed by atoms with Gasteiger partial charge in [0.1, 0.15) is 6.79 Å². The van der Waals surface area contributed by atoms with Crippen LogP contribution >= 0.6 is 0 Å². The molecule has 0 bridgehead atoms. The Labute approximate surface area is 120 Å². The molecule has 0 heterocycles. The summed E-state index contributed by atoms with van der Waals surface area (Å²) in [5.41, 5.74) is 0. The molecule has 0 aliphatic rings. The van der Waals surface area contributed by atoms with Gasteiger partial charge in [-0.25, -0.2) is 8.42 Å². The molecule has 1 rings (SSSR count). The minimum Gasteiger partial charge on any atom is -0.382 e. The van der Waals surface area contributed by atoms with Gasteiger partial charge in [-0.3, -0.25) is 0 Å². The van der Waals surface area contributed by atoms with E-state index in [1.54, 1.807) is 44.4 Å². The average Bonchev–Trinajstić information content (AvgIpc) is 2.46. The van der Waals surface area contributed by atoms with E-state index in [0.29, 0.717) is 13.2 Å². The van der Waals surface area contributed by atoms with Crippen LogP contribution in [-0.2, 0) is 24.0 Å². The van der Waals surface area contributed by atoms with Crippen LogP contribution in [0.3, 0.4) is 0 Å². The maximum Gasteiger partial charge on any atom is 0.199 e. The average molecular weight is 300 g/mol. The first-order chi connectivity index (χ1) is 9.56. The Morgan fingerprint density at radius 1 is 1.20 bits per heavy atom. The molecule has 0 spiro atoms. The monoisotopic (exact) mass is 300 g/mol. The summed E-state index contributed by atoms with van der Waals surface area (Å²) >= 11 is 0. The molecule has 112 valence electrons. The van der Waals surface area contributed by atoms with Gasteiger partial charge in [-0.15, -0.1) is 0 Å². The number of hydrogen-bond acceptors (Lipinski definition) is 5. The fourth-order valence-electron chi connectivity index (χ4n) is 1.31. The van der Waals surface area contributed by atoms with Gasteiger partial charge in [0.2, 0.25) is 0 Å². The van der Waals surface area contributed by atoms with Crippen LogP contribution in [0, 0.1) is 0 Å². The maximum atomic E-state index is 12.0. The molecular weight excluding hydrogens is 280 g/mol. The lowest BCUT2D eigenvalue weighted by molar-refractivity contribution is -0.0802. The van der Waals surface area contributed by atoms with Crippen molar-refractivity contribution in [2.24, 2.45) is 0 Å².